The Bertz CT molecular complexity index is 548. The number of anilines is 1. The number of methoxy groups -OCH3 is 1. The molecule has 1 aliphatic rings. The first kappa shape index (κ1) is 20.6. The van der Waals surface area contributed by atoms with Crippen LogP contribution in [0.2, 0.25) is 0 Å². The standard InChI is InChI=1S/C21H36N4O/c1-5-22-20(23-16-18-8-10-19(11-9-18)25(2)3)24-17-21(14-15-26-4)12-6-7-13-21/h8-11H,5-7,12-17H2,1-4H3,(H2,22,23,24). The average Bonchev–Trinajstić information content (AvgIpc) is 3.12. The molecule has 146 valence electrons. The maximum Gasteiger partial charge on any atom is 0.191 e. The van der Waals surface area contributed by atoms with Gasteiger partial charge < -0.3 is 20.3 Å². The van der Waals surface area contributed by atoms with Crippen molar-refractivity contribution in [2.24, 2.45) is 10.4 Å². The number of rotatable bonds is 9. The summed E-state index contributed by atoms with van der Waals surface area (Å²) in [6.45, 7) is 5.49. The summed E-state index contributed by atoms with van der Waals surface area (Å²) in [5.41, 5.74) is 2.80. The molecule has 26 heavy (non-hydrogen) atoms. The Balaban J connectivity index is 1.95. The number of hydrogen-bond donors (Lipinski definition) is 2. The van der Waals surface area contributed by atoms with Gasteiger partial charge in [0, 0.05) is 46.6 Å². The highest BCUT2D eigenvalue weighted by Crippen LogP contribution is 2.40. The van der Waals surface area contributed by atoms with E-state index in [1.165, 1.54) is 36.9 Å². The summed E-state index contributed by atoms with van der Waals surface area (Å²) >= 11 is 0. The molecule has 0 saturated heterocycles. The lowest BCUT2D eigenvalue weighted by atomic mass is 9.83. The SMILES string of the molecule is CCNC(=NCc1ccc(N(C)C)cc1)NCC1(CCOC)CCCC1. The summed E-state index contributed by atoms with van der Waals surface area (Å²) in [7, 11) is 5.91. The van der Waals surface area contributed by atoms with Crippen LogP contribution in [-0.2, 0) is 11.3 Å². The second kappa shape index (κ2) is 10.4. The Kier molecular flexibility index (Phi) is 8.23. The summed E-state index contributed by atoms with van der Waals surface area (Å²) < 4.78 is 5.34. The number of nitrogens with one attached hydrogen (secondary N) is 2. The normalized spacial score (nSPS) is 16.5. The van der Waals surface area contributed by atoms with Gasteiger partial charge in [-0.2, -0.15) is 0 Å². The van der Waals surface area contributed by atoms with Crippen molar-refractivity contribution >= 4 is 11.6 Å². The van der Waals surface area contributed by atoms with Crippen molar-refractivity contribution in [2.75, 3.05) is 45.8 Å². The molecule has 0 aliphatic heterocycles. The van der Waals surface area contributed by atoms with Gasteiger partial charge in [-0.15, -0.1) is 0 Å². The van der Waals surface area contributed by atoms with Gasteiger partial charge in [0.2, 0.25) is 0 Å². The van der Waals surface area contributed by atoms with E-state index >= 15 is 0 Å². The van der Waals surface area contributed by atoms with Gasteiger partial charge in [-0.1, -0.05) is 25.0 Å². The van der Waals surface area contributed by atoms with E-state index < -0.39 is 0 Å². The molecular weight excluding hydrogens is 324 g/mol. The highest BCUT2D eigenvalue weighted by Gasteiger charge is 2.33. The summed E-state index contributed by atoms with van der Waals surface area (Å²) in [6, 6.07) is 8.59. The van der Waals surface area contributed by atoms with Crippen LogP contribution < -0.4 is 15.5 Å². The molecule has 1 aromatic rings. The summed E-state index contributed by atoms with van der Waals surface area (Å²) in [5.74, 6) is 0.910. The zero-order valence-corrected chi connectivity index (χ0v) is 17.0. The Labute approximate surface area is 159 Å². The number of nitrogens with zero attached hydrogens (tertiary/aromatic N) is 2. The lowest BCUT2D eigenvalue weighted by Crippen LogP contribution is -2.43. The second-order valence-corrected chi connectivity index (χ2v) is 7.56. The van der Waals surface area contributed by atoms with Crippen LogP contribution in [0.25, 0.3) is 0 Å². The molecule has 0 radical (unpaired) electrons. The van der Waals surface area contributed by atoms with Gasteiger partial charge in [-0.05, 0) is 49.3 Å². The predicted octanol–water partition coefficient (Wildman–Crippen LogP) is 3.40. The number of benzene rings is 1. The lowest BCUT2D eigenvalue weighted by molar-refractivity contribution is 0.138. The van der Waals surface area contributed by atoms with Gasteiger partial charge in [0.15, 0.2) is 5.96 Å². The highest BCUT2D eigenvalue weighted by molar-refractivity contribution is 5.79. The highest BCUT2D eigenvalue weighted by atomic mass is 16.5. The summed E-state index contributed by atoms with van der Waals surface area (Å²) in [5, 5.41) is 6.97. The minimum atomic E-state index is 0.361. The number of guanidine groups is 1. The van der Waals surface area contributed by atoms with Crippen molar-refractivity contribution in [3.8, 4) is 0 Å². The molecule has 1 aliphatic carbocycles. The third-order valence-electron chi connectivity index (χ3n) is 5.35. The van der Waals surface area contributed by atoms with Crippen LogP contribution in [0.3, 0.4) is 0 Å². The van der Waals surface area contributed by atoms with E-state index in [2.05, 4.69) is 60.8 Å². The molecular formula is C21H36N4O. The van der Waals surface area contributed by atoms with Crippen LogP contribution in [0.15, 0.2) is 29.3 Å². The summed E-state index contributed by atoms with van der Waals surface area (Å²) in [6.07, 6.45) is 6.36. The van der Waals surface area contributed by atoms with Crippen LogP contribution in [0.1, 0.15) is 44.6 Å². The maximum atomic E-state index is 5.34. The zero-order valence-electron chi connectivity index (χ0n) is 17.0. The fourth-order valence-electron chi connectivity index (χ4n) is 3.64. The second-order valence-electron chi connectivity index (χ2n) is 7.56. The van der Waals surface area contributed by atoms with E-state index in [-0.39, 0.29) is 0 Å². The molecule has 0 amide bonds. The molecule has 2 rings (SSSR count). The van der Waals surface area contributed by atoms with Crippen molar-refractivity contribution in [3.63, 3.8) is 0 Å². The van der Waals surface area contributed by atoms with Gasteiger partial charge >= 0.3 is 0 Å². The molecule has 0 heterocycles. The van der Waals surface area contributed by atoms with Crippen molar-refractivity contribution in [1.29, 1.82) is 0 Å². The Morgan fingerprint density at radius 1 is 1.15 bits per heavy atom. The topological polar surface area (TPSA) is 48.9 Å². The third-order valence-corrected chi connectivity index (χ3v) is 5.35. The Morgan fingerprint density at radius 2 is 1.85 bits per heavy atom. The number of hydrogen-bond acceptors (Lipinski definition) is 3. The van der Waals surface area contributed by atoms with E-state index in [1.54, 1.807) is 7.11 Å². The molecule has 0 unspecified atom stereocenters. The maximum absolute atomic E-state index is 5.34. The van der Waals surface area contributed by atoms with E-state index in [0.717, 1.165) is 32.1 Å². The average molecular weight is 361 g/mol. The summed E-state index contributed by atoms with van der Waals surface area (Å²) in [4.78, 5) is 6.89. The van der Waals surface area contributed by atoms with Gasteiger partial charge in [0.05, 0.1) is 6.54 Å². The zero-order chi connectivity index (χ0) is 18.8. The van der Waals surface area contributed by atoms with E-state index in [1.807, 2.05) is 0 Å². The fraction of sp³-hybridized carbons (Fsp3) is 0.667. The molecule has 0 bridgehead atoms. The quantitative estimate of drug-likeness (QED) is 0.523. The van der Waals surface area contributed by atoms with Crippen LogP contribution in [-0.4, -0.2) is 46.9 Å². The minimum Gasteiger partial charge on any atom is -0.385 e. The molecule has 0 aromatic heterocycles. The largest absolute Gasteiger partial charge is 0.385 e. The molecule has 0 spiro atoms. The van der Waals surface area contributed by atoms with Gasteiger partial charge in [0.1, 0.15) is 0 Å². The van der Waals surface area contributed by atoms with Crippen LogP contribution in [0, 0.1) is 5.41 Å². The molecule has 1 fully saturated rings. The smallest absolute Gasteiger partial charge is 0.191 e. The number of aliphatic imine (C=N–C) groups is 1. The van der Waals surface area contributed by atoms with Crippen molar-refractivity contribution in [2.45, 2.75) is 45.6 Å². The van der Waals surface area contributed by atoms with E-state index in [0.29, 0.717) is 12.0 Å². The van der Waals surface area contributed by atoms with E-state index in [9.17, 15) is 0 Å². The first-order valence-corrected chi connectivity index (χ1v) is 9.86. The third kappa shape index (κ3) is 6.20. The molecule has 1 aromatic carbocycles. The molecule has 5 heteroatoms. The first-order chi connectivity index (χ1) is 12.6. The van der Waals surface area contributed by atoms with Crippen molar-refractivity contribution in [3.05, 3.63) is 29.8 Å². The Morgan fingerprint density at radius 3 is 2.42 bits per heavy atom. The minimum absolute atomic E-state index is 0.361. The molecule has 5 nitrogen and oxygen atoms in total. The molecule has 0 atom stereocenters. The Hall–Kier alpha value is -1.75. The van der Waals surface area contributed by atoms with Crippen molar-refractivity contribution < 1.29 is 4.74 Å². The monoisotopic (exact) mass is 360 g/mol. The van der Waals surface area contributed by atoms with Gasteiger partial charge in [-0.25, -0.2) is 4.99 Å². The first-order valence-electron chi connectivity index (χ1n) is 9.86. The fourth-order valence-corrected chi connectivity index (χ4v) is 3.64. The molecule has 1 saturated carbocycles. The lowest BCUT2D eigenvalue weighted by Gasteiger charge is -2.30. The number of ether oxygens (including phenoxy) is 1. The van der Waals surface area contributed by atoms with Crippen molar-refractivity contribution in [1.82, 2.24) is 10.6 Å². The van der Waals surface area contributed by atoms with Crippen LogP contribution in [0.4, 0.5) is 5.69 Å². The van der Waals surface area contributed by atoms with Gasteiger partial charge in [0.25, 0.3) is 0 Å². The predicted molar refractivity (Wildman–Crippen MR) is 111 cm³/mol. The van der Waals surface area contributed by atoms with E-state index in [4.69, 9.17) is 9.73 Å². The van der Waals surface area contributed by atoms with Crippen LogP contribution >= 0.6 is 0 Å². The van der Waals surface area contributed by atoms with Gasteiger partial charge in [-0.3, -0.25) is 0 Å². The molecule has 2 N–H and O–H groups in total. The van der Waals surface area contributed by atoms with Crippen LogP contribution in [0.5, 0.6) is 0 Å².